The molecular formula is C13H12N2O2. The number of benzene rings is 1. The molecular weight excluding hydrogens is 216 g/mol. The van der Waals surface area contributed by atoms with Gasteiger partial charge in [0.2, 0.25) is 0 Å². The number of phenolic OH excluding ortho intramolecular Hbond substituents is 1. The number of carbonyl (C=O) groups is 1. The van der Waals surface area contributed by atoms with Crippen molar-refractivity contribution in [1.82, 2.24) is 9.78 Å². The first kappa shape index (κ1) is 11.1. The van der Waals surface area contributed by atoms with Gasteiger partial charge in [-0.05, 0) is 30.4 Å². The summed E-state index contributed by atoms with van der Waals surface area (Å²) in [6.07, 6.45) is 4.89. The van der Waals surface area contributed by atoms with Gasteiger partial charge in [-0.1, -0.05) is 12.1 Å². The Morgan fingerprint density at radius 2 is 2.24 bits per heavy atom. The van der Waals surface area contributed by atoms with Gasteiger partial charge in [-0.2, -0.15) is 5.10 Å². The second kappa shape index (κ2) is 4.65. The van der Waals surface area contributed by atoms with Crippen molar-refractivity contribution >= 4 is 11.9 Å². The molecule has 4 heteroatoms. The van der Waals surface area contributed by atoms with Crippen LogP contribution in [0.5, 0.6) is 5.75 Å². The molecule has 1 heterocycles. The van der Waals surface area contributed by atoms with Crippen LogP contribution in [0.15, 0.2) is 42.6 Å². The van der Waals surface area contributed by atoms with Gasteiger partial charge in [0.15, 0.2) is 5.78 Å². The molecule has 4 nitrogen and oxygen atoms in total. The first-order valence-corrected chi connectivity index (χ1v) is 5.16. The van der Waals surface area contributed by atoms with Gasteiger partial charge in [-0.3, -0.25) is 9.48 Å². The summed E-state index contributed by atoms with van der Waals surface area (Å²) >= 11 is 0. The van der Waals surface area contributed by atoms with Gasteiger partial charge < -0.3 is 5.11 Å². The summed E-state index contributed by atoms with van der Waals surface area (Å²) in [6, 6.07) is 8.07. The summed E-state index contributed by atoms with van der Waals surface area (Å²) in [4.78, 5) is 11.7. The van der Waals surface area contributed by atoms with Crippen molar-refractivity contribution in [2.45, 2.75) is 0 Å². The van der Waals surface area contributed by atoms with Gasteiger partial charge in [0.25, 0.3) is 0 Å². The quantitative estimate of drug-likeness (QED) is 0.646. The fourth-order valence-corrected chi connectivity index (χ4v) is 1.44. The van der Waals surface area contributed by atoms with Crippen LogP contribution >= 0.6 is 0 Å². The van der Waals surface area contributed by atoms with E-state index in [2.05, 4.69) is 5.10 Å². The Bertz CT molecular complexity index is 570. The first-order chi connectivity index (χ1) is 8.15. The predicted molar refractivity (Wildman–Crippen MR) is 64.7 cm³/mol. The van der Waals surface area contributed by atoms with Crippen LogP contribution in [0.2, 0.25) is 0 Å². The lowest BCUT2D eigenvalue weighted by atomic mass is 10.1. The van der Waals surface area contributed by atoms with Crippen LogP contribution in [0, 0.1) is 0 Å². The highest BCUT2D eigenvalue weighted by Gasteiger charge is 2.02. The van der Waals surface area contributed by atoms with Crippen LogP contribution in [-0.2, 0) is 7.05 Å². The minimum Gasteiger partial charge on any atom is -0.508 e. The highest BCUT2D eigenvalue weighted by atomic mass is 16.3. The molecule has 1 aromatic heterocycles. The lowest BCUT2D eigenvalue weighted by Crippen LogP contribution is -1.93. The molecule has 0 bridgehead atoms. The molecule has 0 unspecified atom stereocenters. The van der Waals surface area contributed by atoms with Crippen molar-refractivity contribution in [2.75, 3.05) is 0 Å². The number of rotatable bonds is 3. The van der Waals surface area contributed by atoms with E-state index in [1.807, 2.05) is 13.1 Å². The number of phenols is 1. The summed E-state index contributed by atoms with van der Waals surface area (Å²) in [5.41, 5.74) is 1.18. The fraction of sp³-hybridized carbons (Fsp3) is 0.0769. The number of aromatic hydroxyl groups is 1. The molecule has 0 aliphatic heterocycles. The van der Waals surface area contributed by atoms with Gasteiger partial charge in [-0.15, -0.1) is 0 Å². The van der Waals surface area contributed by atoms with Crippen LogP contribution in [0.25, 0.3) is 6.08 Å². The van der Waals surface area contributed by atoms with Crippen molar-refractivity contribution in [3.63, 3.8) is 0 Å². The van der Waals surface area contributed by atoms with E-state index in [1.54, 1.807) is 29.1 Å². The Kier molecular flexibility index (Phi) is 3.05. The minimum atomic E-state index is -0.161. The summed E-state index contributed by atoms with van der Waals surface area (Å²) in [7, 11) is 1.81. The van der Waals surface area contributed by atoms with Crippen molar-refractivity contribution in [3.05, 3.63) is 53.9 Å². The molecule has 0 saturated carbocycles. The van der Waals surface area contributed by atoms with Crippen LogP contribution in [0.4, 0.5) is 0 Å². The molecule has 0 saturated heterocycles. The third-order valence-corrected chi connectivity index (χ3v) is 2.27. The second-order valence-electron chi connectivity index (χ2n) is 3.66. The number of aryl methyl sites for hydroxylation is 1. The average Bonchev–Trinajstić information content (AvgIpc) is 2.72. The largest absolute Gasteiger partial charge is 0.508 e. The molecule has 2 aromatic rings. The zero-order valence-corrected chi connectivity index (χ0v) is 9.37. The molecule has 0 radical (unpaired) electrons. The minimum absolute atomic E-state index is 0.0853. The van der Waals surface area contributed by atoms with Crippen molar-refractivity contribution in [3.8, 4) is 5.75 Å². The number of nitrogens with zero attached hydrogens (tertiary/aromatic N) is 2. The number of carbonyl (C=O) groups excluding carboxylic acids is 1. The summed E-state index contributed by atoms with van der Waals surface area (Å²) in [5.74, 6) is -0.0753. The SMILES string of the molecule is Cn1ccc(/C=C/C(=O)c2cccc(O)c2)n1. The standard InChI is InChI=1S/C13H12N2O2/c1-15-8-7-11(14-15)5-6-13(17)10-3-2-4-12(16)9-10/h2-9,16H,1H3/b6-5+. The predicted octanol–water partition coefficient (Wildman–Crippen LogP) is 2.02. The number of ketones is 1. The molecule has 0 aliphatic rings. The molecule has 0 atom stereocenters. The van der Waals surface area contributed by atoms with Crippen LogP contribution in [-0.4, -0.2) is 20.7 Å². The monoisotopic (exact) mass is 228 g/mol. The maximum atomic E-state index is 11.7. The molecule has 1 aromatic carbocycles. The van der Waals surface area contributed by atoms with E-state index in [-0.39, 0.29) is 11.5 Å². The van der Waals surface area contributed by atoms with Crippen LogP contribution < -0.4 is 0 Å². The van der Waals surface area contributed by atoms with Gasteiger partial charge in [0.1, 0.15) is 5.75 Å². The molecule has 17 heavy (non-hydrogen) atoms. The van der Waals surface area contributed by atoms with Crippen LogP contribution in [0.1, 0.15) is 16.1 Å². The second-order valence-corrected chi connectivity index (χ2v) is 3.66. The zero-order chi connectivity index (χ0) is 12.3. The summed E-state index contributed by atoms with van der Waals surface area (Å²) < 4.78 is 1.67. The molecule has 2 rings (SSSR count). The zero-order valence-electron chi connectivity index (χ0n) is 9.37. The van der Waals surface area contributed by atoms with Crippen molar-refractivity contribution in [2.24, 2.45) is 7.05 Å². The van der Waals surface area contributed by atoms with Gasteiger partial charge in [-0.25, -0.2) is 0 Å². The maximum Gasteiger partial charge on any atom is 0.186 e. The molecule has 86 valence electrons. The smallest absolute Gasteiger partial charge is 0.186 e. The van der Waals surface area contributed by atoms with E-state index in [4.69, 9.17) is 0 Å². The molecule has 0 spiro atoms. The fourth-order valence-electron chi connectivity index (χ4n) is 1.44. The first-order valence-electron chi connectivity index (χ1n) is 5.16. The molecule has 1 N–H and O–H groups in total. The Balaban J connectivity index is 2.14. The number of aromatic nitrogens is 2. The van der Waals surface area contributed by atoms with E-state index in [0.717, 1.165) is 5.69 Å². The molecule has 0 fully saturated rings. The summed E-state index contributed by atoms with van der Waals surface area (Å²) in [6.45, 7) is 0. The van der Waals surface area contributed by atoms with E-state index in [0.29, 0.717) is 5.56 Å². The van der Waals surface area contributed by atoms with Crippen molar-refractivity contribution in [1.29, 1.82) is 0 Å². The number of allylic oxidation sites excluding steroid dienone is 1. The highest BCUT2D eigenvalue weighted by molar-refractivity contribution is 6.06. The lowest BCUT2D eigenvalue weighted by molar-refractivity contribution is 0.104. The maximum absolute atomic E-state index is 11.7. The van der Waals surface area contributed by atoms with E-state index in [1.165, 1.54) is 18.2 Å². The van der Waals surface area contributed by atoms with E-state index < -0.39 is 0 Å². The summed E-state index contributed by atoms with van der Waals surface area (Å²) in [5, 5.41) is 13.4. The Labute approximate surface area is 98.8 Å². The molecule has 0 aliphatic carbocycles. The third kappa shape index (κ3) is 2.81. The Morgan fingerprint density at radius 1 is 1.41 bits per heavy atom. The topological polar surface area (TPSA) is 55.1 Å². The lowest BCUT2D eigenvalue weighted by Gasteiger charge is -1.96. The van der Waals surface area contributed by atoms with E-state index >= 15 is 0 Å². The van der Waals surface area contributed by atoms with E-state index in [9.17, 15) is 9.90 Å². The number of hydrogen-bond acceptors (Lipinski definition) is 3. The average molecular weight is 228 g/mol. The Morgan fingerprint density at radius 3 is 2.88 bits per heavy atom. The normalized spacial score (nSPS) is 10.9. The Hall–Kier alpha value is -2.36. The van der Waals surface area contributed by atoms with Gasteiger partial charge in [0, 0.05) is 18.8 Å². The highest BCUT2D eigenvalue weighted by Crippen LogP contribution is 2.12. The third-order valence-electron chi connectivity index (χ3n) is 2.27. The van der Waals surface area contributed by atoms with Crippen LogP contribution in [0.3, 0.4) is 0 Å². The van der Waals surface area contributed by atoms with Gasteiger partial charge in [0.05, 0.1) is 5.69 Å². The number of hydrogen-bond donors (Lipinski definition) is 1. The van der Waals surface area contributed by atoms with Gasteiger partial charge >= 0.3 is 0 Å². The van der Waals surface area contributed by atoms with Crippen molar-refractivity contribution < 1.29 is 9.90 Å². The molecule has 0 amide bonds.